The Morgan fingerprint density at radius 2 is 1.88 bits per heavy atom. The Hall–Kier alpha value is -2.61. The van der Waals surface area contributed by atoms with Gasteiger partial charge in [-0.15, -0.1) is 10.2 Å². The number of piperazine rings is 1. The van der Waals surface area contributed by atoms with Gasteiger partial charge in [0.15, 0.2) is 17.5 Å². The average molecular weight is 330 g/mol. The van der Waals surface area contributed by atoms with Crippen LogP contribution in [0.25, 0.3) is 5.65 Å². The van der Waals surface area contributed by atoms with Gasteiger partial charge in [0.25, 0.3) is 0 Å². The van der Waals surface area contributed by atoms with Crippen LogP contribution in [0.1, 0.15) is 5.56 Å². The first kappa shape index (κ1) is 14.9. The molecule has 3 aromatic rings. The van der Waals surface area contributed by atoms with Crippen molar-refractivity contribution in [3.8, 4) is 0 Å². The summed E-state index contributed by atoms with van der Waals surface area (Å²) in [5.74, 6) is -0.785. The van der Waals surface area contributed by atoms with Gasteiger partial charge >= 0.3 is 0 Å². The third-order valence-electron chi connectivity index (χ3n) is 4.26. The second-order valence-corrected chi connectivity index (χ2v) is 5.82. The van der Waals surface area contributed by atoms with Crippen molar-refractivity contribution < 1.29 is 8.78 Å². The summed E-state index contributed by atoms with van der Waals surface area (Å²) in [6.07, 6.45) is 5.21. The lowest BCUT2D eigenvalue weighted by molar-refractivity contribution is 0.249. The molecule has 0 spiro atoms. The quantitative estimate of drug-likeness (QED) is 0.732. The Labute approximate surface area is 137 Å². The molecule has 8 heteroatoms. The molecule has 0 radical (unpaired) electrons. The normalized spacial score (nSPS) is 16.0. The zero-order valence-corrected chi connectivity index (χ0v) is 12.9. The predicted molar refractivity (Wildman–Crippen MR) is 84.6 cm³/mol. The van der Waals surface area contributed by atoms with Crippen LogP contribution in [0.15, 0.2) is 36.9 Å². The van der Waals surface area contributed by atoms with Gasteiger partial charge in [0.2, 0.25) is 5.65 Å². The van der Waals surface area contributed by atoms with Gasteiger partial charge in [-0.05, 0) is 17.7 Å². The first-order chi connectivity index (χ1) is 11.7. The molecule has 1 aliphatic rings. The number of anilines is 1. The van der Waals surface area contributed by atoms with E-state index in [4.69, 9.17) is 0 Å². The fourth-order valence-electron chi connectivity index (χ4n) is 2.98. The smallest absolute Gasteiger partial charge is 0.203 e. The van der Waals surface area contributed by atoms with Crippen molar-refractivity contribution in [2.75, 3.05) is 31.1 Å². The summed E-state index contributed by atoms with van der Waals surface area (Å²) in [7, 11) is 0. The molecular formula is C16H16F2N6. The molecule has 2 aromatic heterocycles. The number of aromatic nitrogens is 4. The summed E-state index contributed by atoms with van der Waals surface area (Å²) in [6.45, 7) is 3.83. The van der Waals surface area contributed by atoms with Gasteiger partial charge in [-0.25, -0.2) is 13.8 Å². The molecule has 0 bridgehead atoms. The summed E-state index contributed by atoms with van der Waals surface area (Å²) in [4.78, 5) is 8.81. The van der Waals surface area contributed by atoms with Crippen molar-refractivity contribution in [3.05, 3.63) is 54.1 Å². The van der Waals surface area contributed by atoms with E-state index in [1.54, 1.807) is 18.6 Å². The van der Waals surface area contributed by atoms with Crippen LogP contribution in [0.3, 0.4) is 0 Å². The van der Waals surface area contributed by atoms with E-state index in [0.717, 1.165) is 43.2 Å². The molecule has 24 heavy (non-hydrogen) atoms. The zero-order chi connectivity index (χ0) is 16.5. The maximum absolute atomic E-state index is 13.3. The number of fused-ring (bicyclic) bond motifs is 1. The molecule has 4 rings (SSSR count). The van der Waals surface area contributed by atoms with Crippen molar-refractivity contribution in [2.24, 2.45) is 0 Å². The minimum atomic E-state index is -0.809. The highest BCUT2D eigenvalue weighted by Crippen LogP contribution is 2.19. The molecule has 0 amide bonds. The second-order valence-electron chi connectivity index (χ2n) is 5.82. The molecule has 0 atom stereocenters. The Balaban J connectivity index is 1.43. The molecule has 0 unspecified atom stereocenters. The van der Waals surface area contributed by atoms with Gasteiger partial charge in [0.05, 0.1) is 0 Å². The molecule has 1 aliphatic heterocycles. The highest BCUT2D eigenvalue weighted by molar-refractivity contribution is 5.63. The Morgan fingerprint density at radius 3 is 2.67 bits per heavy atom. The highest BCUT2D eigenvalue weighted by Gasteiger charge is 2.21. The Morgan fingerprint density at radius 1 is 1.04 bits per heavy atom. The van der Waals surface area contributed by atoms with Gasteiger partial charge < -0.3 is 4.90 Å². The molecule has 1 fully saturated rings. The maximum atomic E-state index is 13.3. The third kappa shape index (κ3) is 2.80. The molecule has 1 saturated heterocycles. The van der Waals surface area contributed by atoms with Crippen molar-refractivity contribution >= 4 is 11.5 Å². The molecule has 6 nitrogen and oxygen atoms in total. The molecule has 3 heterocycles. The average Bonchev–Trinajstić information content (AvgIpc) is 3.08. The number of benzene rings is 1. The number of nitrogens with zero attached hydrogens (tertiary/aromatic N) is 6. The van der Waals surface area contributed by atoms with Crippen LogP contribution < -0.4 is 4.90 Å². The van der Waals surface area contributed by atoms with Crippen molar-refractivity contribution in [1.82, 2.24) is 24.5 Å². The summed E-state index contributed by atoms with van der Waals surface area (Å²) in [6, 6.07) is 4.07. The van der Waals surface area contributed by atoms with E-state index in [0.29, 0.717) is 6.54 Å². The number of hydrogen-bond acceptors (Lipinski definition) is 5. The van der Waals surface area contributed by atoms with Crippen LogP contribution in [0.4, 0.5) is 14.6 Å². The summed E-state index contributed by atoms with van der Waals surface area (Å²) in [5, 5.41) is 8.03. The van der Waals surface area contributed by atoms with E-state index in [-0.39, 0.29) is 0 Å². The number of rotatable bonds is 3. The van der Waals surface area contributed by atoms with E-state index >= 15 is 0 Å². The molecule has 0 saturated carbocycles. The first-order valence-corrected chi connectivity index (χ1v) is 7.76. The fourth-order valence-corrected chi connectivity index (χ4v) is 2.98. The first-order valence-electron chi connectivity index (χ1n) is 7.76. The summed E-state index contributed by atoms with van der Waals surface area (Å²) in [5.41, 5.74) is 1.52. The van der Waals surface area contributed by atoms with Crippen LogP contribution in [0.2, 0.25) is 0 Å². The van der Waals surface area contributed by atoms with Gasteiger partial charge in [0, 0.05) is 45.1 Å². The van der Waals surface area contributed by atoms with E-state index in [1.165, 1.54) is 12.1 Å². The lowest BCUT2D eigenvalue weighted by atomic mass is 10.2. The van der Waals surface area contributed by atoms with Crippen molar-refractivity contribution in [3.63, 3.8) is 0 Å². The highest BCUT2D eigenvalue weighted by atomic mass is 19.2. The van der Waals surface area contributed by atoms with Crippen LogP contribution in [0, 0.1) is 11.6 Å². The summed E-state index contributed by atoms with van der Waals surface area (Å²) >= 11 is 0. The molecule has 0 aliphatic carbocycles. The third-order valence-corrected chi connectivity index (χ3v) is 4.26. The SMILES string of the molecule is Fc1ccc(CN2CCN(c3nccn4cnnc34)CC2)cc1F. The number of hydrogen-bond donors (Lipinski definition) is 0. The maximum Gasteiger partial charge on any atom is 0.203 e. The van der Waals surface area contributed by atoms with Crippen LogP contribution in [-0.4, -0.2) is 50.7 Å². The molecule has 124 valence electrons. The van der Waals surface area contributed by atoms with Crippen LogP contribution >= 0.6 is 0 Å². The summed E-state index contributed by atoms with van der Waals surface area (Å²) < 4.78 is 28.2. The molecule has 1 aromatic carbocycles. The lowest BCUT2D eigenvalue weighted by Crippen LogP contribution is -2.46. The van der Waals surface area contributed by atoms with Gasteiger partial charge in [-0.2, -0.15) is 0 Å². The van der Waals surface area contributed by atoms with E-state index in [1.807, 2.05) is 10.6 Å². The van der Waals surface area contributed by atoms with Crippen LogP contribution in [0.5, 0.6) is 0 Å². The Kier molecular flexibility index (Phi) is 3.81. The fraction of sp³-hybridized carbons (Fsp3) is 0.312. The van der Waals surface area contributed by atoms with E-state index in [2.05, 4.69) is 25.0 Å². The topological polar surface area (TPSA) is 49.6 Å². The van der Waals surface area contributed by atoms with Crippen LogP contribution in [-0.2, 0) is 6.54 Å². The Bertz CT molecular complexity index is 857. The lowest BCUT2D eigenvalue weighted by Gasteiger charge is -2.35. The second kappa shape index (κ2) is 6.12. The molecule has 0 N–H and O–H groups in total. The minimum Gasteiger partial charge on any atom is -0.351 e. The number of halogens is 2. The van der Waals surface area contributed by atoms with Crippen molar-refractivity contribution in [1.29, 1.82) is 0 Å². The largest absolute Gasteiger partial charge is 0.351 e. The van der Waals surface area contributed by atoms with E-state index < -0.39 is 11.6 Å². The molecular weight excluding hydrogens is 314 g/mol. The standard InChI is InChI=1S/C16H16F2N6/c17-13-2-1-12(9-14(13)18)10-22-5-7-23(8-6-22)15-16-21-20-11-24(16)4-3-19-15/h1-4,9,11H,5-8,10H2. The zero-order valence-electron chi connectivity index (χ0n) is 12.9. The van der Waals surface area contributed by atoms with Gasteiger partial charge in [-0.1, -0.05) is 6.07 Å². The van der Waals surface area contributed by atoms with Gasteiger partial charge in [-0.3, -0.25) is 9.30 Å². The van der Waals surface area contributed by atoms with Crippen molar-refractivity contribution in [2.45, 2.75) is 6.54 Å². The minimum absolute atomic E-state index is 0.605. The monoisotopic (exact) mass is 330 g/mol. The van der Waals surface area contributed by atoms with E-state index in [9.17, 15) is 8.78 Å². The van der Waals surface area contributed by atoms with Gasteiger partial charge in [0.1, 0.15) is 6.33 Å². The predicted octanol–water partition coefficient (Wildman–Crippen LogP) is 1.72.